The third-order valence-corrected chi connectivity index (χ3v) is 3.87. The Bertz CT molecular complexity index is 525. The molecule has 2 amide bonds. The van der Waals surface area contributed by atoms with Crippen molar-refractivity contribution >= 4 is 17.5 Å². The Labute approximate surface area is 126 Å². The van der Waals surface area contributed by atoms with Crippen LogP contribution in [0.15, 0.2) is 24.3 Å². The zero-order valence-corrected chi connectivity index (χ0v) is 13.1. The molecular formula is C17H24N2O2. The molecule has 1 aromatic carbocycles. The molecule has 0 aromatic heterocycles. The molecule has 1 aliphatic rings. The molecule has 2 rings (SSSR count). The van der Waals surface area contributed by atoms with E-state index in [2.05, 4.69) is 19.2 Å². The van der Waals surface area contributed by atoms with Gasteiger partial charge in [-0.05, 0) is 24.0 Å². The topological polar surface area (TPSA) is 49.4 Å². The van der Waals surface area contributed by atoms with Crippen molar-refractivity contribution in [2.75, 3.05) is 11.4 Å². The van der Waals surface area contributed by atoms with Crippen LogP contribution in [0.1, 0.15) is 39.2 Å². The number of carbonyl (C=O) groups is 2. The lowest BCUT2D eigenvalue weighted by Gasteiger charge is -2.24. The van der Waals surface area contributed by atoms with E-state index < -0.39 is 6.04 Å². The number of nitrogens with zero attached hydrogens (tertiary/aromatic N) is 1. The number of fused-ring (bicyclic) bond motifs is 1. The number of hydrogen-bond donors (Lipinski definition) is 1. The number of hydrogen-bond acceptors (Lipinski definition) is 2. The molecule has 4 nitrogen and oxygen atoms in total. The first-order valence-electron chi connectivity index (χ1n) is 7.72. The van der Waals surface area contributed by atoms with Crippen LogP contribution in [0, 0.1) is 5.92 Å². The van der Waals surface area contributed by atoms with Gasteiger partial charge in [0.2, 0.25) is 11.8 Å². The monoisotopic (exact) mass is 288 g/mol. The van der Waals surface area contributed by atoms with Crippen LogP contribution in [-0.2, 0) is 16.0 Å². The van der Waals surface area contributed by atoms with Gasteiger partial charge in [0.25, 0.3) is 0 Å². The maximum absolute atomic E-state index is 12.4. The second-order valence-corrected chi connectivity index (χ2v) is 5.94. The fraction of sp³-hybridized carbons (Fsp3) is 0.529. The molecule has 0 saturated carbocycles. The van der Waals surface area contributed by atoms with Crippen molar-refractivity contribution in [1.82, 2.24) is 5.32 Å². The summed E-state index contributed by atoms with van der Waals surface area (Å²) >= 11 is 0. The normalized spacial score (nSPS) is 17.0. The summed E-state index contributed by atoms with van der Waals surface area (Å²) in [6, 6.07) is 7.37. The van der Waals surface area contributed by atoms with Crippen molar-refractivity contribution in [3.8, 4) is 0 Å². The Hall–Kier alpha value is -1.84. The van der Waals surface area contributed by atoms with Crippen LogP contribution in [0.4, 0.5) is 5.69 Å². The maximum Gasteiger partial charge on any atom is 0.243 e. The Morgan fingerprint density at radius 3 is 2.71 bits per heavy atom. The molecular weight excluding hydrogens is 264 g/mol. The third-order valence-electron chi connectivity index (χ3n) is 3.87. The third kappa shape index (κ3) is 3.43. The number of benzene rings is 1. The van der Waals surface area contributed by atoms with Crippen LogP contribution in [-0.4, -0.2) is 24.4 Å². The van der Waals surface area contributed by atoms with Crippen molar-refractivity contribution in [3.05, 3.63) is 29.8 Å². The number of para-hydroxylation sites is 1. The first-order chi connectivity index (χ1) is 10.0. The molecule has 0 bridgehead atoms. The van der Waals surface area contributed by atoms with Gasteiger partial charge in [-0.1, -0.05) is 39.0 Å². The highest BCUT2D eigenvalue weighted by Gasteiger charge is 2.37. The molecule has 1 heterocycles. The number of anilines is 1. The minimum Gasteiger partial charge on any atom is -0.354 e. The average molecular weight is 288 g/mol. The van der Waals surface area contributed by atoms with Crippen molar-refractivity contribution in [1.29, 1.82) is 0 Å². The lowest BCUT2D eigenvalue weighted by Crippen LogP contribution is -2.48. The van der Waals surface area contributed by atoms with Crippen LogP contribution < -0.4 is 10.2 Å². The van der Waals surface area contributed by atoms with Gasteiger partial charge < -0.3 is 5.32 Å². The summed E-state index contributed by atoms with van der Waals surface area (Å²) in [4.78, 5) is 26.3. The summed E-state index contributed by atoms with van der Waals surface area (Å²) in [5.74, 6) is 0.511. The highest BCUT2D eigenvalue weighted by molar-refractivity contribution is 6.03. The molecule has 1 aromatic rings. The Morgan fingerprint density at radius 1 is 1.33 bits per heavy atom. The van der Waals surface area contributed by atoms with Crippen molar-refractivity contribution in [2.45, 2.75) is 46.1 Å². The van der Waals surface area contributed by atoms with E-state index >= 15 is 0 Å². The van der Waals surface area contributed by atoms with Crippen LogP contribution in [0.2, 0.25) is 0 Å². The second kappa shape index (κ2) is 6.74. The van der Waals surface area contributed by atoms with Gasteiger partial charge in [-0.3, -0.25) is 14.5 Å². The van der Waals surface area contributed by atoms with Gasteiger partial charge in [-0.25, -0.2) is 0 Å². The summed E-state index contributed by atoms with van der Waals surface area (Å²) in [6.45, 7) is 6.75. The van der Waals surface area contributed by atoms with Crippen molar-refractivity contribution < 1.29 is 9.59 Å². The smallest absolute Gasteiger partial charge is 0.243 e. The Kier molecular flexibility index (Phi) is 4.99. The van der Waals surface area contributed by atoms with Gasteiger partial charge in [0.1, 0.15) is 6.04 Å². The van der Waals surface area contributed by atoms with E-state index in [1.165, 1.54) is 0 Å². The van der Waals surface area contributed by atoms with Gasteiger partial charge in [0.15, 0.2) is 0 Å². The molecule has 1 atom stereocenters. The quantitative estimate of drug-likeness (QED) is 0.905. The molecule has 114 valence electrons. The lowest BCUT2D eigenvalue weighted by molar-refractivity contribution is -0.126. The first kappa shape index (κ1) is 15.5. The zero-order valence-electron chi connectivity index (χ0n) is 13.1. The molecule has 0 spiro atoms. The summed E-state index contributed by atoms with van der Waals surface area (Å²) in [5.41, 5.74) is 1.96. The molecule has 1 N–H and O–H groups in total. The molecule has 0 saturated heterocycles. The zero-order chi connectivity index (χ0) is 15.4. The van der Waals surface area contributed by atoms with Crippen LogP contribution in [0.3, 0.4) is 0 Å². The van der Waals surface area contributed by atoms with E-state index in [9.17, 15) is 9.59 Å². The van der Waals surface area contributed by atoms with Gasteiger partial charge in [-0.2, -0.15) is 0 Å². The van der Waals surface area contributed by atoms with Gasteiger partial charge in [0.05, 0.1) is 0 Å². The number of nitrogens with one attached hydrogen (secondary N) is 1. The van der Waals surface area contributed by atoms with Crippen molar-refractivity contribution in [2.24, 2.45) is 5.92 Å². The van der Waals surface area contributed by atoms with E-state index in [-0.39, 0.29) is 11.8 Å². The molecule has 4 heteroatoms. The second-order valence-electron chi connectivity index (χ2n) is 5.94. The molecule has 0 aliphatic carbocycles. The summed E-state index contributed by atoms with van der Waals surface area (Å²) in [5, 5.41) is 2.97. The molecule has 0 fully saturated rings. The first-order valence-corrected chi connectivity index (χ1v) is 7.72. The highest BCUT2D eigenvalue weighted by atomic mass is 16.2. The molecule has 1 aliphatic heterocycles. The summed E-state index contributed by atoms with van der Waals surface area (Å²) in [6.07, 6.45) is 1.96. The summed E-state index contributed by atoms with van der Waals surface area (Å²) < 4.78 is 0. The fourth-order valence-corrected chi connectivity index (χ4v) is 2.68. The minimum absolute atomic E-state index is 0.00367. The SMILES string of the molecule is CCC(=O)N1c2ccccc2CC1C(=O)NCCC(C)C. The van der Waals surface area contributed by atoms with Crippen LogP contribution in [0.25, 0.3) is 0 Å². The van der Waals surface area contributed by atoms with Crippen LogP contribution >= 0.6 is 0 Å². The molecule has 0 radical (unpaired) electrons. The summed E-state index contributed by atoms with van der Waals surface area (Å²) in [7, 11) is 0. The highest BCUT2D eigenvalue weighted by Crippen LogP contribution is 2.32. The minimum atomic E-state index is -0.401. The van der Waals surface area contributed by atoms with Gasteiger partial charge in [0, 0.05) is 25.1 Å². The lowest BCUT2D eigenvalue weighted by atomic mass is 10.1. The van der Waals surface area contributed by atoms with Gasteiger partial charge in [-0.15, -0.1) is 0 Å². The standard InChI is InChI=1S/C17H24N2O2/c1-4-16(20)19-14-8-6-5-7-13(14)11-15(19)17(21)18-10-9-12(2)3/h5-8,12,15H,4,9-11H2,1-3H3,(H,18,21). The number of carbonyl (C=O) groups excluding carboxylic acids is 2. The number of rotatable bonds is 5. The predicted octanol–water partition coefficient (Wildman–Crippen LogP) is 2.52. The van der Waals surface area contributed by atoms with Crippen molar-refractivity contribution in [3.63, 3.8) is 0 Å². The number of amides is 2. The van der Waals surface area contributed by atoms with E-state index in [4.69, 9.17) is 0 Å². The average Bonchev–Trinajstić information content (AvgIpc) is 2.85. The van der Waals surface area contributed by atoms with E-state index in [0.29, 0.717) is 25.3 Å². The Balaban J connectivity index is 2.12. The fourth-order valence-electron chi connectivity index (χ4n) is 2.68. The Morgan fingerprint density at radius 2 is 2.05 bits per heavy atom. The predicted molar refractivity (Wildman–Crippen MR) is 84.2 cm³/mol. The van der Waals surface area contributed by atoms with Crippen LogP contribution in [0.5, 0.6) is 0 Å². The van der Waals surface area contributed by atoms with E-state index in [1.54, 1.807) is 4.90 Å². The maximum atomic E-state index is 12.4. The largest absolute Gasteiger partial charge is 0.354 e. The molecule has 21 heavy (non-hydrogen) atoms. The van der Waals surface area contributed by atoms with Gasteiger partial charge >= 0.3 is 0 Å². The van der Waals surface area contributed by atoms with E-state index in [0.717, 1.165) is 17.7 Å². The van der Waals surface area contributed by atoms with E-state index in [1.807, 2.05) is 31.2 Å². The molecule has 1 unspecified atom stereocenters.